The predicted octanol–water partition coefficient (Wildman–Crippen LogP) is 1.68. The predicted molar refractivity (Wildman–Crippen MR) is 93.2 cm³/mol. The first-order chi connectivity index (χ1) is 11.1. The fraction of sp³-hybridized carbons (Fsp3) is 0.882. The third-order valence-electron chi connectivity index (χ3n) is 5.47. The van der Waals surface area contributed by atoms with Crippen LogP contribution in [0.3, 0.4) is 0 Å². The Morgan fingerprint density at radius 1 is 1.17 bits per heavy atom. The van der Waals surface area contributed by atoms with E-state index in [2.05, 4.69) is 24.1 Å². The Labute approximate surface area is 143 Å². The Bertz CT molecular complexity index is 451. The van der Waals surface area contributed by atoms with Crippen LogP contribution in [0.5, 0.6) is 0 Å². The van der Waals surface area contributed by atoms with E-state index in [0.717, 1.165) is 50.9 Å². The zero-order valence-electron chi connectivity index (χ0n) is 14.3. The molecule has 0 unspecified atom stereocenters. The highest BCUT2D eigenvalue weighted by Crippen LogP contribution is 2.31. The van der Waals surface area contributed by atoms with Crippen molar-refractivity contribution < 1.29 is 9.59 Å². The molecule has 3 rings (SSSR count). The van der Waals surface area contributed by atoms with E-state index in [1.807, 2.05) is 4.90 Å². The minimum Gasteiger partial charge on any atom is -0.350 e. The third-order valence-corrected chi connectivity index (χ3v) is 6.48. The first kappa shape index (κ1) is 17.1. The van der Waals surface area contributed by atoms with Crippen LogP contribution in [-0.2, 0) is 9.59 Å². The molecule has 2 aliphatic heterocycles. The third kappa shape index (κ3) is 3.85. The van der Waals surface area contributed by atoms with Gasteiger partial charge in [0.15, 0.2) is 0 Å². The minimum absolute atomic E-state index is 0.0527. The first-order valence-electron chi connectivity index (χ1n) is 8.99. The molecule has 0 aromatic heterocycles. The molecule has 23 heavy (non-hydrogen) atoms. The van der Waals surface area contributed by atoms with Crippen LogP contribution in [0.2, 0.25) is 0 Å². The summed E-state index contributed by atoms with van der Waals surface area (Å²) in [5.41, 5.74) is 0. The second-order valence-corrected chi connectivity index (χ2v) is 8.39. The van der Waals surface area contributed by atoms with Crippen LogP contribution in [0.1, 0.15) is 46.0 Å². The van der Waals surface area contributed by atoms with Gasteiger partial charge in [-0.3, -0.25) is 14.5 Å². The highest BCUT2D eigenvalue weighted by atomic mass is 32.2. The number of carbonyl (C=O) groups is 2. The molecule has 0 aromatic carbocycles. The molecule has 0 radical (unpaired) electrons. The number of thioether (sulfide) groups is 1. The lowest BCUT2D eigenvalue weighted by Crippen LogP contribution is -2.51. The van der Waals surface area contributed by atoms with Gasteiger partial charge in [0, 0.05) is 36.8 Å². The van der Waals surface area contributed by atoms with Crippen molar-refractivity contribution in [1.29, 1.82) is 0 Å². The Hall–Kier alpha value is -0.750. The maximum absolute atomic E-state index is 12.7. The van der Waals surface area contributed by atoms with Crippen LogP contribution < -0.4 is 5.32 Å². The number of hydrogen-bond acceptors (Lipinski definition) is 4. The van der Waals surface area contributed by atoms with Gasteiger partial charge >= 0.3 is 0 Å². The van der Waals surface area contributed by atoms with Crippen LogP contribution in [0.15, 0.2) is 0 Å². The zero-order chi connectivity index (χ0) is 16.4. The molecule has 2 atom stereocenters. The van der Waals surface area contributed by atoms with Crippen LogP contribution in [0, 0.1) is 5.92 Å². The number of nitrogens with zero attached hydrogens (tertiary/aromatic N) is 2. The fourth-order valence-corrected chi connectivity index (χ4v) is 5.12. The number of likely N-dealkylation sites (tertiary alicyclic amines) is 1. The van der Waals surface area contributed by atoms with Gasteiger partial charge in [-0.25, -0.2) is 0 Å². The number of hydrogen-bond donors (Lipinski definition) is 1. The quantitative estimate of drug-likeness (QED) is 0.847. The van der Waals surface area contributed by atoms with Gasteiger partial charge in [0.05, 0.1) is 5.88 Å². The van der Waals surface area contributed by atoms with Gasteiger partial charge in [-0.15, -0.1) is 11.8 Å². The summed E-state index contributed by atoms with van der Waals surface area (Å²) >= 11 is 1.70. The average molecular weight is 340 g/mol. The normalized spacial score (nSPS) is 29.6. The van der Waals surface area contributed by atoms with Crippen LogP contribution in [-0.4, -0.2) is 64.5 Å². The van der Waals surface area contributed by atoms with Crippen LogP contribution >= 0.6 is 11.8 Å². The second-order valence-electron chi connectivity index (χ2n) is 7.39. The molecule has 130 valence electrons. The summed E-state index contributed by atoms with van der Waals surface area (Å²) in [4.78, 5) is 29.6. The van der Waals surface area contributed by atoms with Crippen molar-refractivity contribution >= 4 is 23.6 Å². The van der Waals surface area contributed by atoms with Gasteiger partial charge in [0.25, 0.3) is 0 Å². The lowest BCUT2D eigenvalue weighted by atomic mass is 10.1. The Balaban J connectivity index is 1.55. The number of rotatable bonds is 4. The van der Waals surface area contributed by atoms with E-state index < -0.39 is 0 Å². The fourth-order valence-electron chi connectivity index (χ4n) is 3.96. The van der Waals surface area contributed by atoms with E-state index in [1.165, 1.54) is 0 Å². The molecular formula is C17H29N3O2S. The van der Waals surface area contributed by atoms with Crippen molar-refractivity contribution in [3.63, 3.8) is 0 Å². The Kier molecular flexibility index (Phi) is 5.52. The molecule has 0 spiro atoms. The van der Waals surface area contributed by atoms with Gasteiger partial charge in [0.2, 0.25) is 11.8 Å². The summed E-state index contributed by atoms with van der Waals surface area (Å²) in [7, 11) is 0. The summed E-state index contributed by atoms with van der Waals surface area (Å²) in [5, 5.41) is 3.19. The van der Waals surface area contributed by atoms with Crippen molar-refractivity contribution in [3.05, 3.63) is 0 Å². The van der Waals surface area contributed by atoms with Crippen molar-refractivity contribution in [2.75, 3.05) is 24.7 Å². The highest BCUT2D eigenvalue weighted by molar-refractivity contribution is 7.99. The minimum atomic E-state index is -0.263. The van der Waals surface area contributed by atoms with Crippen molar-refractivity contribution in [2.45, 2.75) is 64.1 Å². The lowest BCUT2D eigenvalue weighted by molar-refractivity contribution is -0.141. The molecule has 1 saturated carbocycles. The number of carbonyl (C=O) groups excluding carboxylic acids is 2. The van der Waals surface area contributed by atoms with Crippen LogP contribution in [0.4, 0.5) is 0 Å². The Morgan fingerprint density at radius 2 is 1.91 bits per heavy atom. The molecule has 0 aromatic rings. The summed E-state index contributed by atoms with van der Waals surface area (Å²) in [6, 6.07) is 0.500. The molecule has 0 bridgehead atoms. The highest BCUT2D eigenvalue weighted by Gasteiger charge is 2.39. The maximum atomic E-state index is 12.7. The number of amides is 2. The van der Waals surface area contributed by atoms with Crippen molar-refractivity contribution in [3.8, 4) is 0 Å². The van der Waals surface area contributed by atoms with E-state index in [4.69, 9.17) is 0 Å². The van der Waals surface area contributed by atoms with E-state index in [9.17, 15) is 9.59 Å². The monoisotopic (exact) mass is 339 g/mol. The Morgan fingerprint density at radius 3 is 2.57 bits per heavy atom. The molecule has 5 nitrogen and oxygen atoms in total. The molecule has 2 saturated heterocycles. The zero-order valence-corrected chi connectivity index (χ0v) is 15.1. The van der Waals surface area contributed by atoms with E-state index in [0.29, 0.717) is 11.9 Å². The first-order valence-corrected chi connectivity index (χ1v) is 10.1. The van der Waals surface area contributed by atoms with Gasteiger partial charge in [-0.05, 0) is 33.1 Å². The lowest BCUT2D eigenvalue weighted by Gasteiger charge is -2.27. The van der Waals surface area contributed by atoms with Gasteiger partial charge in [-0.1, -0.05) is 12.8 Å². The molecule has 3 fully saturated rings. The standard InChI is InChI=1S/C17H29N3O2S/c1-12(2)19-8-7-14(9-19)18-16(21)15-10-23-11-20(15)17(22)13-5-3-4-6-13/h12-15H,3-11H2,1-2H3,(H,18,21)/t14-,15+/m0/s1. The van der Waals surface area contributed by atoms with Crippen LogP contribution in [0.25, 0.3) is 0 Å². The smallest absolute Gasteiger partial charge is 0.243 e. The number of nitrogens with one attached hydrogen (secondary N) is 1. The largest absolute Gasteiger partial charge is 0.350 e. The van der Waals surface area contributed by atoms with E-state index in [-0.39, 0.29) is 29.8 Å². The summed E-state index contributed by atoms with van der Waals surface area (Å²) in [5.74, 6) is 1.84. The average Bonchev–Trinajstić information content (AvgIpc) is 3.26. The molecule has 2 amide bonds. The van der Waals surface area contributed by atoms with Crippen molar-refractivity contribution in [1.82, 2.24) is 15.1 Å². The van der Waals surface area contributed by atoms with E-state index in [1.54, 1.807) is 11.8 Å². The van der Waals surface area contributed by atoms with Gasteiger partial charge < -0.3 is 10.2 Å². The molecule has 2 heterocycles. The van der Waals surface area contributed by atoms with Crippen molar-refractivity contribution in [2.24, 2.45) is 5.92 Å². The molecule has 1 N–H and O–H groups in total. The van der Waals surface area contributed by atoms with Gasteiger partial charge in [-0.2, -0.15) is 0 Å². The second kappa shape index (κ2) is 7.43. The molecular weight excluding hydrogens is 310 g/mol. The SMILES string of the molecule is CC(C)N1CC[C@H](NC(=O)[C@H]2CSCN2C(=O)C2CCCC2)C1. The summed E-state index contributed by atoms with van der Waals surface area (Å²) in [6.45, 7) is 6.37. The topological polar surface area (TPSA) is 52.7 Å². The molecule has 6 heteroatoms. The molecule has 3 aliphatic rings. The summed E-state index contributed by atoms with van der Waals surface area (Å²) < 4.78 is 0. The molecule has 1 aliphatic carbocycles. The summed E-state index contributed by atoms with van der Waals surface area (Å²) in [6.07, 6.45) is 5.32. The van der Waals surface area contributed by atoms with E-state index >= 15 is 0 Å². The maximum Gasteiger partial charge on any atom is 0.243 e. The van der Waals surface area contributed by atoms with Gasteiger partial charge in [0.1, 0.15) is 6.04 Å².